The first kappa shape index (κ1) is 22.3. The van der Waals surface area contributed by atoms with Crippen LogP contribution in [-0.2, 0) is 16.0 Å². The number of aliphatic hydroxyl groups excluding tert-OH is 1. The van der Waals surface area contributed by atoms with E-state index in [4.69, 9.17) is 20.4 Å². The van der Waals surface area contributed by atoms with Crippen LogP contribution >= 0.6 is 0 Å². The topological polar surface area (TPSA) is 71.2 Å². The molecule has 0 amide bonds. The number of hydrogen-bond donors (Lipinski definition) is 1. The van der Waals surface area contributed by atoms with Crippen LogP contribution in [0.15, 0.2) is 34.9 Å². The van der Waals surface area contributed by atoms with Gasteiger partial charge in [-0.2, -0.15) is 0 Å². The first-order valence-corrected chi connectivity index (χ1v) is 10.4. The highest BCUT2D eigenvalue weighted by atomic mass is 16.5. The van der Waals surface area contributed by atoms with E-state index in [1.54, 1.807) is 0 Å². The van der Waals surface area contributed by atoms with Crippen molar-refractivity contribution in [2.24, 2.45) is 0 Å². The highest BCUT2D eigenvalue weighted by molar-refractivity contribution is 5.68. The third kappa shape index (κ3) is 5.83. The van der Waals surface area contributed by atoms with Gasteiger partial charge in [0.15, 0.2) is 0 Å². The fraction of sp³-hybridized carbons (Fsp3) is 0.522. The zero-order valence-electron chi connectivity index (χ0n) is 17.8. The van der Waals surface area contributed by atoms with Gasteiger partial charge >= 0.3 is 0 Å². The summed E-state index contributed by atoms with van der Waals surface area (Å²) in [6.07, 6.45) is 4.58. The number of ether oxygens (including phenoxy) is 2. The molecule has 0 unspecified atom stereocenters. The third-order valence-corrected chi connectivity index (χ3v) is 5.15. The minimum atomic E-state index is -0.632. The standard InChI is InChI=1S/C23H31N3O4/c1-4-12-29-17-20(27)15-26(18(2)3)16-21-22(19-8-6-5-7-9-19)24-30-23(21)25-10-13-28-14-11-25/h1,5-9,18,20,27H,10-17H2,2-3H3/t20-/m1/s1. The average Bonchev–Trinajstić information content (AvgIpc) is 3.18. The second-order valence-electron chi connectivity index (χ2n) is 7.68. The van der Waals surface area contributed by atoms with Gasteiger partial charge in [-0.15, -0.1) is 6.42 Å². The number of aliphatic hydroxyl groups is 1. The van der Waals surface area contributed by atoms with Crippen LogP contribution in [0.5, 0.6) is 0 Å². The molecule has 3 rings (SSSR count). The predicted octanol–water partition coefficient (Wildman–Crippen LogP) is 2.40. The smallest absolute Gasteiger partial charge is 0.232 e. The van der Waals surface area contributed by atoms with E-state index in [9.17, 15) is 5.11 Å². The molecule has 1 N–H and O–H groups in total. The molecule has 2 heterocycles. The highest BCUT2D eigenvalue weighted by Gasteiger charge is 2.27. The molecule has 1 fully saturated rings. The summed E-state index contributed by atoms with van der Waals surface area (Å²) < 4.78 is 16.6. The van der Waals surface area contributed by atoms with Crippen molar-refractivity contribution in [3.8, 4) is 23.6 Å². The molecule has 30 heavy (non-hydrogen) atoms. The van der Waals surface area contributed by atoms with Crippen LogP contribution < -0.4 is 4.90 Å². The molecule has 0 radical (unpaired) electrons. The van der Waals surface area contributed by atoms with Crippen molar-refractivity contribution >= 4 is 5.88 Å². The molecule has 0 spiro atoms. The van der Waals surface area contributed by atoms with Crippen molar-refractivity contribution in [3.05, 3.63) is 35.9 Å². The Bertz CT molecular complexity index is 810. The van der Waals surface area contributed by atoms with Crippen molar-refractivity contribution in [3.63, 3.8) is 0 Å². The minimum Gasteiger partial charge on any atom is -0.389 e. The summed E-state index contributed by atoms with van der Waals surface area (Å²) in [5.74, 6) is 3.20. The number of benzene rings is 1. The van der Waals surface area contributed by atoms with E-state index >= 15 is 0 Å². The lowest BCUT2D eigenvalue weighted by Gasteiger charge is -2.31. The lowest BCUT2D eigenvalue weighted by molar-refractivity contribution is 0.0192. The Labute approximate surface area is 178 Å². The molecule has 162 valence electrons. The Morgan fingerprint density at radius 2 is 2.00 bits per heavy atom. The lowest BCUT2D eigenvalue weighted by atomic mass is 10.1. The normalized spacial score (nSPS) is 15.5. The van der Waals surface area contributed by atoms with Gasteiger partial charge in [0.2, 0.25) is 5.88 Å². The van der Waals surface area contributed by atoms with Crippen LogP contribution in [0.25, 0.3) is 11.3 Å². The van der Waals surface area contributed by atoms with E-state index in [0.717, 1.165) is 35.8 Å². The van der Waals surface area contributed by atoms with Gasteiger partial charge in [-0.25, -0.2) is 0 Å². The van der Waals surface area contributed by atoms with Crippen molar-refractivity contribution in [1.82, 2.24) is 10.1 Å². The lowest BCUT2D eigenvalue weighted by Crippen LogP contribution is -2.40. The Kier molecular flexibility index (Phi) is 8.29. The Balaban J connectivity index is 1.85. The summed E-state index contributed by atoms with van der Waals surface area (Å²) in [7, 11) is 0. The Morgan fingerprint density at radius 3 is 2.67 bits per heavy atom. The molecular formula is C23H31N3O4. The number of terminal acetylenes is 1. The summed E-state index contributed by atoms with van der Waals surface area (Å²) in [6, 6.07) is 10.3. The van der Waals surface area contributed by atoms with Crippen LogP contribution in [0.1, 0.15) is 19.4 Å². The van der Waals surface area contributed by atoms with Gasteiger partial charge in [0, 0.05) is 37.8 Å². The quantitative estimate of drug-likeness (QED) is 0.474. The largest absolute Gasteiger partial charge is 0.389 e. The van der Waals surface area contributed by atoms with Gasteiger partial charge in [-0.05, 0) is 13.8 Å². The van der Waals surface area contributed by atoms with E-state index in [2.05, 4.69) is 34.7 Å². The monoisotopic (exact) mass is 413 g/mol. The van der Waals surface area contributed by atoms with Crippen molar-refractivity contribution in [1.29, 1.82) is 0 Å². The Hall–Kier alpha value is -2.37. The zero-order valence-corrected chi connectivity index (χ0v) is 17.8. The molecule has 0 saturated carbocycles. The van der Waals surface area contributed by atoms with Gasteiger partial charge in [-0.1, -0.05) is 41.4 Å². The minimum absolute atomic E-state index is 0.198. The average molecular weight is 414 g/mol. The van der Waals surface area contributed by atoms with E-state index < -0.39 is 6.10 Å². The van der Waals surface area contributed by atoms with Crippen LogP contribution in [0.4, 0.5) is 5.88 Å². The van der Waals surface area contributed by atoms with E-state index in [1.807, 2.05) is 30.3 Å². The van der Waals surface area contributed by atoms with E-state index in [0.29, 0.717) is 26.3 Å². The second-order valence-corrected chi connectivity index (χ2v) is 7.68. The molecule has 1 aliphatic rings. The summed E-state index contributed by atoms with van der Waals surface area (Å²) in [5, 5.41) is 14.8. The molecule has 7 nitrogen and oxygen atoms in total. The number of nitrogens with zero attached hydrogens (tertiary/aromatic N) is 3. The zero-order chi connectivity index (χ0) is 21.3. The summed E-state index contributed by atoms with van der Waals surface area (Å²) in [6.45, 7) is 8.55. The molecule has 1 aromatic heterocycles. The summed E-state index contributed by atoms with van der Waals surface area (Å²) in [4.78, 5) is 4.38. The first-order chi connectivity index (χ1) is 14.6. The maximum absolute atomic E-state index is 10.4. The van der Waals surface area contributed by atoms with Gasteiger partial charge in [0.25, 0.3) is 0 Å². The molecule has 1 saturated heterocycles. The maximum atomic E-state index is 10.4. The fourth-order valence-electron chi connectivity index (χ4n) is 3.52. The fourth-order valence-corrected chi connectivity index (χ4v) is 3.52. The third-order valence-electron chi connectivity index (χ3n) is 5.15. The molecule has 0 bridgehead atoms. The molecule has 1 aromatic carbocycles. The molecule has 7 heteroatoms. The first-order valence-electron chi connectivity index (χ1n) is 10.4. The van der Waals surface area contributed by atoms with Crippen LogP contribution in [0.2, 0.25) is 0 Å². The Morgan fingerprint density at radius 1 is 1.27 bits per heavy atom. The van der Waals surface area contributed by atoms with E-state index in [1.165, 1.54) is 0 Å². The van der Waals surface area contributed by atoms with Gasteiger partial charge < -0.3 is 24.0 Å². The molecular weight excluding hydrogens is 382 g/mol. The SMILES string of the molecule is C#CCOC[C@H](O)CN(Cc1c(-c2ccccc2)noc1N1CCOCC1)C(C)C. The molecule has 2 aromatic rings. The second kappa shape index (κ2) is 11.1. The van der Waals surface area contributed by atoms with Crippen LogP contribution in [-0.4, -0.2) is 73.4 Å². The maximum Gasteiger partial charge on any atom is 0.232 e. The summed E-state index contributed by atoms with van der Waals surface area (Å²) >= 11 is 0. The van der Waals surface area contributed by atoms with Crippen molar-refractivity contribution in [2.75, 3.05) is 51.0 Å². The van der Waals surface area contributed by atoms with Crippen molar-refractivity contribution < 1.29 is 19.1 Å². The van der Waals surface area contributed by atoms with Crippen LogP contribution in [0.3, 0.4) is 0 Å². The molecule has 1 atom stereocenters. The van der Waals surface area contributed by atoms with Crippen molar-refractivity contribution in [2.45, 2.75) is 32.5 Å². The number of morpholine rings is 1. The molecule has 0 aliphatic carbocycles. The number of rotatable bonds is 10. The summed E-state index contributed by atoms with van der Waals surface area (Å²) in [5.41, 5.74) is 2.87. The van der Waals surface area contributed by atoms with Gasteiger partial charge in [0.1, 0.15) is 12.3 Å². The number of anilines is 1. The van der Waals surface area contributed by atoms with E-state index in [-0.39, 0.29) is 19.3 Å². The predicted molar refractivity (Wildman–Crippen MR) is 116 cm³/mol. The van der Waals surface area contributed by atoms with Crippen LogP contribution in [0, 0.1) is 12.3 Å². The number of aromatic nitrogens is 1. The number of hydrogen-bond acceptors (Lipinski definition) is 7. The van der Waals surface area contributed by atoms with Gasteiger partial charge in [-0.3, -0.25) is 4.90 Å². The van der Waals surface area contributed by atoms with Gasteiger partial charge in [0.05, 0.1) is 31.5 Å². The highest BCUT2D eigenvalue weighted by Crippen LogP contribution is 2.33. The molecule has 1 aliphatic heterocycles.